The molecule has 2 aromatic rings. The van der Waals surface area contributed by atoms with E-state index in [1.54, 1.807) is 0 Å². The molecular weight excluding hydrogens is 248 g/mol. The van der Waals surface area contributed by atoms with E-state index in [-0.39, 0.29) is 0 Å². The van der Waals surface area contributed by atoms with E-state index < -0.39 is 6.10 Å². The quantitative estimate of drug-likeness (QED) is 0.880. The molecule has 106 valence electrons. The second-order valence-electron chi connectivity index (χ2n) is 6.28. The number of hydrogen-bond acceptors (Lipinski definition) is 2. The van der Waals surface area contributed by atoms with Crippen LogP contribution in [0.3, 0.4) is 0 Å². The molecule has 0 amide bonds. The van der Waals surface area contributed by atoms with Crippen molar-refractivity contribution in [1.29, 1.82) is 0 Å². The summed E-state index contributed by atoms with van der Waals surface area (Å²) in [6.45, 7) is 6.57. The molecule has 20 heavy (non-hydrogen) atoms. The zero-order valence-corrected chi connectivity index (χ0v) is 12.3. The third-order valence-corrected chi connectivity index (χ3v) is 4.31. The number of furan rings is 1. The van der Waals surface area contributed by atoms with E-state index >= 15 is 0 Å². The molecule has 3 rings (SSSR count). The molecule has 2 nitrogen and oxygen atoms in total. The summed E-state index contributed by atoms with van der Waals surface area (Å²) in [6.07, 6.45) is 0.533. The second-order valence-corrected chi connectivity index (χ2v) is 6.28. The smallest absolute Gasteiger partial charge is 0.137 e. The van der Waals surface area contributed by atoms with Gasteiger partial charge < -0.3 is 9.52 Å². The topological polar surface area (TPSA) is 33.4 Å². The lowest BCUT2D eigenvalue weighted by atomic mass is 9.99. The maximum absolute atomic E-state index is 10.4. The van der Waals surface area contributed by atoms with E-state index in [1.165, 1.54) is 12.0 Å². The van der Waals surface area contributed by atoms with Crippen LogP contribution in [-0.4, -0.2) is 5.11 Å². The van der Waals surface area contributed by atoms with Gasteiger partial charge in [-0.25, -0.2) is 0 Å². The molecule has 2 heteroatoms. The zero-order valence-electron chi connectivity index (χ0n) is 12.3. The highest BCUT2D eigenvalue weighted by atomic mass is 16.4. The van der Waals surface area contributed by atoms with Gasteiger partial charge in [-0.1, -0.05) is 45.0 Å². The standard InChI is InChI=1S/C18H22O2/c1-11(2)13-4-6-14(7-5-13)18(19)17-9-8-16(20-17)15-10-12(15)3/h4-9,11-12,15,18-19H,10H2,1-3H3. The van der Waals surface area contributed by atoms with Gasteiger partial charge in [0.1, 0.15) is 17.6 Å². The van der Waals surface area contributed by atoms with Gasteiger partial charge >= 0.3 is 0 Å². The first kappa shape index (κ1) is 13.4. The minimum atomic E-state index is -0.668. The van der Waals surface area contributed by atoms with Crippen LogP contribution >= 0.6 is 0 Å². The van der Waals surface area contributed by atoms with E-state index in [1.807, 2.05) is 24.3 Å². The van der Waals surface area contributed by atoms with Crippen molar-refractivity contribution in [2.75, 3.05) is 0 Å². The van der Waals surface area contributed by atoms with Gasteiger partial charge in [0.15, 0.2) is 0 Å². The fraction of sp³-hybridized carbons (Fsp3) is 0.444. The van der Waals surface area contributed by atoms with Crippen LogP contribution in [0.5, 0.6) is 0 Å². The first-order chi connectivity index (χ1) is 9.56. The molecule has 1 fully saturated rings. The number of aliphatic hydroxyl groups is 1. The molecule has 3 atom stereocenters. The van der Waals surface area contributed by atoms with Gasteiger partial charge in [-0.15, -0.1) is 0 Å². The minimum Gasteiger partial charge on any atom is -0.463 e. The summed E-state index contributed by atoms with van der Waals surface area (Å²) >= 11 is 0. The fourth-order valence-corrected chi connectivity index (χ4v) is 2.66. The van der Waals surface area contributed by atoms with Crippen LogP contribution in [0.4, 0.5) is 0 Å². The van der Waals surface area contributed by atoms with Gasteiger partial charge in [0.05, 0.1) is 0 Å². The third-order valence-electron chi connectivity index (χ3n) is 4.31. The molecule has 1 aromatic heterocycles. The van der Waals surface area contributed by atoms with Gasteiger partial charge in [-0.05, 0) is 41.5 Å². The summed E-state index contributed by atoms with van der Waals surface area (Å²) in [5.41, 5.74) is 2.17. The predicted octanol–water partition coefficient (Wildman–Crippen LogP) is 4.61. The Balaban J connectivity index is 1.77. The average Bonchev–Trinajstić information content (AvgIpc) is 2.99. The molecule has 0 saturated heterocycles. The lowest BCUT2D eigenvalue weighted by Gasteiger charge is -2.10. The van der Waals surface area contributed by atoms with Crippen LogP contribution in [0.15, 0.2) is 40.8 Å². The highest BCUT2D eigenvalue weighted by Gasteiger charge is 2.36. The molecule has 1 aliphatic carbocycles. The van der Waals surface area contributed by atoms with Gasteiger partial charge in [0.2, 0.25) is 0 Å². The lowest BCUT2D eigenvalue weighted by Crippen LogP contribution is -1.98. The van der Waals surface area contributed by atoms with Gasteiger partial charge in [-0.2, -0.15) is 0 Å². The van der Waals surface area contributed by atoms with E-state index in [2.05, 4.69) is 32.9 Å². The van der Waals surface area contributed by atoms with Crippen molar-refractivity contribution in [3.8, 4) is 0 Å². The summed E-state index contributed by atoms with van der Waals surface area (Å²) < 4.78 is 5.82. The van der Waals surface area contributed by atoms with Crippen molar-refractivity contribution in [2.45, 2.75) is 45.1 Å². The van der Waals surface area contributed by atoms with E-state index in [9.17, 15) is 5.11 Å². The van der Waals surface area contributed by atoms with Gasteiger partial charge in [0, 0.05) is 5.92 Å². The van der Waals surface area contributed by atoms with Crippen LogP contribution in [0, 0.1) is 5.92 Å². The monoisotopic (exact) mass is 270 g/mol. The molecule has 3 unspecified atom stereocenters. The second kappa shape index (κ2) is 5.10. The molecule has 0 aliphatic heterocycles. The van der Waals surface area contributed by atoms with Crippen LogP contribution in [-0.2, 0) is 0 Å². The largest absolute Gasteiger partial charge is 0.463 e. The Labute approximate surface area is 120 Å². The molecule has 0 radical (unpaired) electrons. The van der Waals surface area contributed by atoms with Crippen molar-refractivity contribution in [1.82, 2.24) is 0 Å². The molecule has 1 aromatic carbocycles. The van der Waals surface area contributed by atoms with Crippen molar-refractivity contribution in [3.05, 3.63) is 59.0 Å². The third kappa shape index (κ3) is 2.53. The Morgan fingerprint density at radius 2 is 1.65 bits per heavy atom. The Hall–Kier alpha value is -1.54. The molecule has 1 saturated carbocycles. The van der Waals surface area contributed by atoms with Crippen molar-refractivity contribution in [2.24, 2.45) is 5.92 Å². The molecule has 0 spiro atoms. The Kier molecular flexibility index (Phi) is 3.43. The van der Waals surface area contributed by atoms with Crippen molar-refractivity contribution >= 4 is 0 Å². The Morgan fingerprint density at radius 1 is 1.05 bits per heavy atom. The fourth-order valence-electron chi connectivity index (χ4n) is 2.66. The Morgan fingerprint density at radius 3 is 2.20 bits per heavy atom. The zero-order chi connectivity index (χ0) is 14.3. The molecule has 1 heterocycles. The number of benzene rings is 1. The normalized spacial score (nSPS) is 23.1. The van der Waals surface area contributed by atoms with Crippen LogP contribution < -0.4 is 0 Å². The first-order valence-corrected chi connectivity index (χ1v) is 7.44. The van der Waals surface area contributed by atoms with Crippen LogP contribution in [0.2, 0.25) is 0 Å². The number of aliphatic hydroxyl groups excluding tert-OH is 1. The number of rotatable bonds is 4. The average molecular weight is 270 g/mol. The summed E-state index contributed by atoms with van der Waals surface area (Å²) in [6, 6.07) is 12.0. The summed E-state index contributed by atoms with van der Waals surface area (Å²) in [7, 11) is 0. The first-order valence-electron chi connectivity index (χ1n) is 7.44. The van der Waals surface area contributed by atoms with Gasteiger partial charge in [0.25, 0.3) is 0 Å². The van der Waals surface area contributed by atoms with Crippen molar-refractivity contribution < 1.29 is 9.52 Å². The van der Waals surface area contributed by atoms with E-state index in [0.29, 0.717) is 17.6 Å². The van der Waals surface area contributed by atoms with Crippen LogP contribution in [0.25, 0.3) is 0 Å². The summed E-state index contributed by atoms with van der Waals surface area (Å²) in [5, 5.41) is 10.4. The Bertz CT molecular complexity index is 580. The molecule has 1 N–H and O–H groups in total. The summed E-state index contributed by atoms with van der Waals surface area (Å²) in [5.74, 6) is 3.45. The van der Waals surface area contributed by atoms with E-state index in [4.69, 9.17) is 4.42 Å². The lowest BCUT2D eigenvalue weighted by molar-refractivity contribution is 0.186. The number of hydrogen-bond donors (Lipinski definition) is 1. The highest BCUT2D eigenvalue weighted by Crippen LogP contribution is 2.47. The molecule has 1 aliphatic rings. The van der Waals surface area contributed by atoms with E-state index in [0.717, 1.165) is 17.2 Å². The van der Waals surface area contributed by atoms with Gasteiger partial charge in [-0.3, -0.25) is 0 Å². The molecular formula is C18H22O2. The van der Waals surface area contributed by atoms with Crippen molar-refractivity contribution in [3.63, 3.8) is 0 Å². The molecule has 0 bridgehead atoms. The summed E-state index contributed by atoms with van der Waals surface area (Å²) in [4.78, 5) is 0. The predicted molar refractivity (Wildman–Crippen MR) is 79.8 cm³/mol. The SMILES string of the molecule is CC(C)c1ccc(C(O)c2ccc(C3CC3C)o2)cc1. The van der Waals surface area contributed by atoms with Crippen LogP contribution in [0.1, 0.15) is 67.8 Å². The maximum Gasteiger partial charge on any atom is 0.137 e. The maximum atomic E-state index is 10.4. The minimum absolute atomic E-state index is 0.507. The highest BCUT2D eigenvalue weighted by molar-refractivity contribution is 5.30.